The lowest BCUT2D eigenvalue weighted by Gasteiger charge is -2.06. The molecule has 1 rings (SSSR count). The molecule has 0 aliphatic carbocycles. The molecule has 0 N–H and O–H groups in total. The highest BCUT2D eigenvalue weighted by Crippen LogP contribution is 2.08. The summed E-state index contributed by atoms with van der Waals surface area (Å²) in [6, 6.07) is 6.88. The van der Waals surface area contributed by atoms with Gasteiger partial charge in [-0.2, -0.15) is 5.26 Å². The summed E-state index contributed by atoms with van der Waals surface area (Å²) in [4.78, 5) is 3.90. The van der Waals surface area contributed by atoms with E-state index in [1.165, 1.54) is 0 Å². The summed E-state index contributed by atoms with van der Waals surface area (Å²) >= 11 is 0. The van der Waals surface area contributed by atoms with Crippen LogP contribution < -0.4 is 4.74 Å². The Balaban J connectivity index is 2.80. The van der Waals surface area contributed by atoms with Crippen molar-refractivity contribution in [2.45, 2.75) is 13.0 Å². The predicted molar refractivity (Wildman–Crippen MR) is 47.9 cm³/mol. The van der Waals surface area contributed by atoms with E-state index in [9.17, 15) is 0 Å². The quantitative estimate of drug-likeness (QED) is 0.632. The largest absolute Gasteiger partial charge is 0.461 e. The molecule has 0 saturated carbocycles. The van der Waals surface area contributed by atoms with E-state index in [-0.39, 0.29) is 6.10 Å². The summed E-state index contributed by atoms with van der Waals surface area (Å²) in [6.07, 6.45) is 4.79. The molecule has 0 aliphatic rings. The molecule has 64 valence electrons. The number of aromatic nitrogens is 1. The summed E-state index contributed by atoms with van der Waals surface area (Å²) in [5, 5.41) is 8.54. The molecule has 0 bridgehead atoms. The maximum atomic E-state index is 8.54. The van der Waals surface area contributed by atoms with Gasteiger partial charge in [0.15, 0.2) is 6.10 Å². The highest BCUT2D eigenvalue weighted by Gasteiger charge is 2.01. The number of pyridine rings is 1. The van der Waals surface area contributed by atoms with Gasteiger partial charge < -0.3 is 4.74 Å². The summed E-state index contributed by atoms with van der Waals surface area (Å²) in [7, 11) is 0. The number of terminal acetylenes is 1. The number of rotatable bonds is 2. The maximum Gasteiger partial charge on any atom is 0.215 e. The number of nitriles is 1. The molecule has 1 aromatic heterocycles. The van der Waals surface area contributed by atoms with Crippen LogP contribution in [0.5, 0.6) is 5.88 Å². The van der Waals surface area contributed by atoms with Crippen LogP contribution in [-0.4, -0.2) is 11.1 Å². The van der Waals surface area contributed by atoms with E-state index in [1.807, 2.05) is 6.07 Å². The highest BCUT2D eigenvalue weighted by atomic mass is 16.5. The Morgan fingerprint density at radius 3 is 3.00 bits per heavy atom. The Labute approximate surface area is 77.0 Å². The van der Waals surface area contributed by atoms with Gasteiger partial charge in [0.05, 0.1) is 0 Å². The first-order valence-corrected chi connectivity index (χ1v) is 3.76. The monoisotopic (exact) mass is 172 g/mol. The summed E-state index contributed by atoms with van der Waals surface area (Å²) in [5.74, 6) is 2.78. The lowest BCUT2D eigenvalue weighted by atomic mass is 10.4. The van der Waals surface area contributed by atoms with E-state index >= 15 is 0 Å². The van der Waals surface area contributed by atoms with Crippen LogP contribution in [0.25, 0.3) is 0 Å². The molecule has 13 heavy (non-hydrogen) atoms. The molecule has 3 nitrogen and oxygen atoms in total. The molecule has 0 aromatic carbocycles. The van der Waals surface area contributed by atoms with Crippen molar-refractivity contribution in [1.29, 1.82) is 5.26 Å². The second kappa shape index (κ2) is 4.13. The highest BCUT2D eigenvalue weighted by molar-refractivity contribution is 5.25. The van der Waals surface area contributed by atoms with Crippen molar-refractivity contribution in [2.24, 2.45) is 0 Å². The second-order valence-electron chi connectivity index (χ2n) is 2.40. The van der Waals surface area contributed by atoms with Gasteiger partial charge >= 0.3 is 0 Å². The number of ether oxygens (including phenoxy) is 1. The molecule has 0 saturated heterocycles. The van der Waals surface area contributed by atoms with Gasteiger partial charge in [0.25, 0.3) is 0 Å². The van der Waals surface area contributed by atoms with Crippen molar-refractivity contribution < 1.29 is 4.74 Å². The average molecular weight is 172 g/mol. The van der Waals surface area contributed by atoms with Crippen molar-refractivity contribution in [2.75, 3.05) is 0 Å². The van der Waals surface area contributed by atoms with Crippen molar-refractivity contribution in [1.82, 2.24) is 4.98 Å². The smallest absolute Gasteiger partial charge is 0.215 e. The molecule has 0 spiro atoms. The third-order valence-electron chi connectivity index (χ3n) is 1.37. The molecule has 0 radical (unpaired) electrons. The fourth-order valence-electron chi connectivity index (χ4n) is 0.758. The Morgan fingerprint density at radius 1 is 1.62 bits per heavy atom. The van der Waals surface area contributed by atoms with Crippen LogP contribution in [0.1, 0.15) is 12.6 Å². The first kappa shape index (κ1) is 9.09. The van der Waals surface area contributed by atoms with Crippen LogP contribution in [0.2, 0.25) is 0 Å². The minimum atomic E-state index is -0.332. The third-order valence-corrected chi connectivity index (χ3v) is 1.37. The molecule has 1 heterocycles. The number of hydrogen-bond acceptors (Lipinski definition) is 3. The van der Waals surface area contributed by atoms with Gasteiger partial charge in [-0.25, -0.2) is 4.98 Å². The fourth-order valence-corrected chi connectivity index (χ4v) is 0.758. The van der Waals surface area contributed by atoms with Gasteiger partial charge in [-0.05, 0) is 13.0 Å². The minimum absolute atomic E-state index is 0.321. The van der Waals surface area contributed by atoms with E-state index < -0.39 is 0 Å². The van der Waals surface area contributed by atoms with Gasteiger partial charge in [0.1, 0.15) is 11.8 Å². The third kappa shape index (κ3) is 2.50. The zero-order chi connectivity index (χ0) is 9.68. The molecule has 1 aromatic rings. The Bertz CT molecular complexity index is 373. The lowest BCUT2D eigenvalue weighted by molar-refractivity contribution is 0.268. The van der Waals surface area contributed by atoms with E-state index in [0.29, 0.717) is 11.6 Å². The molecule has 0 fully saturated rings. The van der Waals surface area contributed by atoms with Crippen LogP contribution in [0, 0.1) is 23.7 Å². The molecule has 0 aliphatic heterocycles. The van der Waals surface area contributed by atoms with E-state index in [4.69, 9.17) is 16.4 Å². The topological polar surface area (TPSA) is 45.9 Å². The lowest BCUT2D eigenvalue weighted by Crippen LogP contribution is -2.09. The summed E-state index contributed by atoms with van der Waals surface area (Å²) in [5.41, 5.74) is 0.321. The molecule has 1 atom stereocenters. The first-order valence-electron chi connectivity index (χ1n) is 3.76. The summed E-state index contributed by atoms with van der Waals surface area (Å²) < 4.78 is 5.21. The number of nitrogens with zero attached hydrogens (tertiary/aromatic N) is 2. The molecular formula is C10H8N2O. The first-order chi connectivity index (χ1) is 6.26. The Hall–Kier alpha value is -2.00. The van der Waals surface area contributed by atoms with Crippen molar-refractivity contribution in [3.8, 4) is 24.3 Å². The predicted octanol–water partition coefficient (Wildman–Crippen LogP) is 1.35. The van der Waals surface area contributed by atoms with Crippen molar-refractivity contribution >= 4 is 0 Å². The zero-order valence-corrected chi connectivity index (χ0v) is 7.19. The van der Waals surface area contributed by atoms with E-state index in [2.05, 4.69) is 10.9 Å². The fraction of sp³-hybridized carbons (Fsp3) is 0.200. The SMILES string of the molecule is C#CC(C)Oc1cccc(C#N)n1. The van der Waals surface area contributed by atoms with E-state index in [1.54, 1.807) is 25.1 Å². The molecule has 1 unspecified atom stereocenters. The Morgan fingerprint density at radius 2 is 2.38 bits per heavy atom. The maximum absolute atomic E-state index is 8.54. The standard InChI is InChI=1S/C10H8N2O/c1-3-8(2)13-10-6-4-5-9(7-11)12-10/h1,4-6,8H,2H3. The van der Waals surface area contributed by atoms with Gasteiger partial charge in [0.2, 0.25) is 5.88 Å². The molecule has 3 heteroatoms. The molecular weight excluding hydrogens is 164 g/mol. The van der Waals surface area contributed by atoms with Crippen molar-refractivity contribution in [3.63, 3.8) is 0 Å². The normalized spacial score (nSPS) is 11.0. The molecule has 0 amide bonds. The van der Waals surface area contributed by atoms with Crippen LogP contribution in [-0.2, 0) is 0 Å². The zero-order valence-electron chi connectivity index (χ0n) is 7.19. The van der Waals surface area contributed by atoms with Gasteiger partial charge in [-0.3, -0.25) is 0 Å². The van der Waals surface area contributed by atoms with Gasteiger partial charge in [-0.15, -0.1) is 6.42 Å². The van der Waals surface area contributed by atoms with Crippen molar-refractivity contribution in [3.05, 3.63) is 23.9 Å². The number of hydrogen-bond donors (Lipinski definition) is 0. The van der Waals surface area contributed by atoms with Crippen LogP contribution >= 0.6 is 0 Å². The second-order valence-corrected chi connectivity index (χ2v) is 2.40. The van der Waals surface area contributed by atoms with Gasteiger partial charge in [0, 0.05) is 6.07 Å². The van der Waals surface area contributed by atoms with Crippen LogP contribution in [0.15, 0.2) is 18.2 Å². The average Bonchev–Trinajstić information content (AvgIpc) is 2.18. The van der Waals surface area contributed by atoms with E-state index in [0.717, 1.165) is 0 Å². The minimum Gasteiger partial charge on any atom is -0.461 e. The van der Waals surface area contributed by atoms with Gasteiger partial charge in [-0.1, -0.05) is 12.0 Å². The summed E-state index contributed by atoms with van der Waals surface area (Å²) in [6.45, 7) is 1.74. The Kier molecular flexibility index (Phi) is 2.89. The van der Waals surface area contributed by atoms with Crippen LogP contribution in [0.3, 0.4) is 0 Å². The van der Waals surface area contributed by atoms with Crippen LogP contribution in [0.4, 0.5) is 0 Å².